The molecule has 0 radical (unpaired) electrons. The molecule has 1 aromatic rings. The summed E-state index contributed by atoms with van der Waals surface area (Å²) in [6.45, 7) is 4.19. The van der Waals surface area contributed by atoms with E-state index >= 15 is 0 Å². The van der Waals surface area contributed by atoms with Crippen LogP contribution in [-0.4, -0.2) is 22.8 Å². The third kappa shape index (κ3) is 3.43. The van der Waals surface area contributed by atoms with Crippen molar-refractivity contribution in [3.8, 4) is 0 Å². The number of hydrogen-bond acceptors (Lipinski definition) is 3. The number of hydrogen-bond donors (Lipinski definition) is 1. The van der Waals surface area contributed by atoms with Crippen molar-refractivity contribution >= 4 is 12.2 Å². The summed E-state index contributed by atoms with van der Waals surface area (Å²) in [7, 11) is 0. The molecule has 0 unspecified atom stereocenters. The van der Waals surface area contributed by atoms with E-state index in [1.165, 1.54) is 6.07 Å². The molecule has 0 aromatic carbocycles. The van der Waals surface area contributed by atoms with Crippen molar-refractivity contribution in [3.05, 3.63) is 27.4 Å². The second-order valence-electron chi connectivity index (χ2n) is 2.85. The molecule has 0 atom stereocenters. The molecule has 0 spiro atoms. The maximum atomic E-state index is 10.9. The molecule has 0 saturated carbocycles. The minimum Gasteiger partial charge on any atom is -0.382 e. The average Bonchev–Trinajstić information content (AvgIpc) is 2.15. The van der Waals surface area contributed by atoms with Crippen molar-refractivity contribution in [1.82, 2.24) is 9.55 Å². The fraction of sp³-hybridized carbons (Fsp3) is 0.556. The first kappa shape index (κ1) is 11.1. The summed E-state index contributed by atoms with van der Waals surface area (Å²) < 4.78 is 7.50. The molecule has 14 heavy (non-hydrogen) atoms. The van der Waals surface area contributed by atoms with E-state index in [4.69, 9.17) is 17.0 Å². The maximum absolute atomic E-state index is 10.9. The standard InChI is InChI=1S/C9H14N2O2S/c1-2-13-7-3-5-11-6-4-8(12)10-9(11)14/h4,6H,2-3,5,7H2,1H3,(H,10,12,14). The van der Waals surface area contributed by atoms with Gasteiger partial charge in [0.1, 0.15) is 0 Å². The lowest BCUT2D eigenvalue weighted by atomic mass is 10.4. The van der Waals surface area contributed by atoms with Crippen LogP contribution in [0.15, 0.2) is 17.1 Å². The van der Waals surface area contributed by atoms with Crippen molar-refractivity contribution in [1.29, 1.82) is 0 Å². The Kier molecular flexibility index (Phi) is 4.55. The second kappa shape index (κ2) is 5.72. The van der Waals surface area contributed by atoms with Gasteiger partial charge in [-0.1, -0.05) is 0 Å². The normalized spacial score (nSPS) is 10.4. The van der Waals surface area contributed by atoms with Crippen LogP contribution in [0.1, 0.15) is 13.3 Å². The lowest BCUT2D eigenvalue weighted by Crippen LogP contribution is -2.12. The zero-order valence-corrected chi connectivity index (χ0v) is 8.97. The maximum Gasteiger partial charge on any atom is 0.251 e. The number of aromatic nitrogens is 2. The zero-order valence-electron chi connectivity index (χ0n) is 8.16. The Hall–Kier alpha value is -0.940. The highest BCUT2D eigenvalue weighted by Gasteiger charge is 1.93. The van der Waals surface area contributed by atoms with Crippen LogP contribution in [0.25, 0.3) is 0 Å². The van der Waals surface area contributed by atoms with Crippen LogP contribution >= 0.6 is 12.2 Å². The van der Waals surface area contributed by atoms with E-state index in [2.05, 4.69) is 4.98 Å². The Labute approximate surface area is 87.5 Å². The molecule has 1 N–H and O–H groups in total. The summed E-state index contributed by atoms with van der Waals surface area (Å²) in [4.78, 5) is 13.4. The van der Waals surface area contributed by atoms with Crippen molar-refractivity contribution < 1.29 is 4.74 Å². The Bertz CT molecular complexity index is 383. The van der Waals surface area contributed by atoms with Crippen molar-refractivity contribution in [2.24, 2.45) is 0 Å². The first-order valence-electron chi connectivity index (χ1n) is 4.61. The number of H-pyrrole nitrogens is 1. The first-order valence-corrected chi connectivity index (χ1v) is 5.02. The van der Waals surface area contributed by atoms with Gasteiger partial charge in [-0.3, -0.25) is 9.78 Å². The van der Waals surface area contributed by atoms with Crippen molar-refractivity contribution in [2.75, 3.05) is 13.2 Å². The lowest BCUT2D eigenvalue weighted by molar-refractivity contribution is 0.141. The molecule has 0 aliphatic heterocycles. The Balaban J connectivity index is 2.51. The van der Waals surface area contributed by atoms with Gasteiger partial charge in [-0.15, -0.1) is 0 Å². The third-order valence-electron chi connectivity index (χ3n) is 1.79. The third-order valence-corrected chi connectivity index (χ3v) is 2.13. The summed E-state index contributed by atoms with van der Waals surface area (Å²) >= 11 is 4.98. The number of nitrogens with zero attached hydrogens (tertiary/aromatic N) is 1. The molecule has 0 aliphatic carbocycles. The lowest BCUT2D eigenvalue weighted by Gasteiger charge is -2.05. The van der Waals surface area contributed by atoms with Crippen molar-refractivity contribution in [3.63, 3.8) is 0 Å². The van der Waals surface area contributed by atoms with Gasteiger partial charge in [-0.05, 0) is 25.6 Å². The molecule has 5 heteroatoms. The number of aryl methyl sites for hydroxylation is 1. The molecule has 0 amide bonds. The molecule has 0 fully saturated rings. The number of rotatable bonds is 5. The molecule has 0 aliphatic rings. The average molecular weight is 214 g/mol. The summed E-state index contributed by atoms with van der Waals surface area (Å²) in [5.41, 5.74) is -0.156. The van der Waals surface area contributed by atoms with Gasteiger partial charge < -0.3 is 9.30 Å². The van der Waals surface area contributed by atoms with Gasteiger partial charge in [0.25, 0.3) is 5.56 Å². The highest BCUT2D eigenvalue weighted by atomic mass is 32.1. The van der Waals surface area contributed by atoms with Crippen molar-refractivity contribution in [2.45, 2.75) is 19.9 Å². The largest absolute Gasteiger partial charge is 0.382 e. The highest BCUT2D eigenvalue weighted by molar-refractivity contribution is 7.71. The van der Waals surface area contributed by atoms with Gasteiger partial charge in [0.2, 0.25) is 0 Å². The number of ether oxygens (including phenoxy) is 1. The van der Waals surface area contributed by atoms with Gasteiger partial charge in [-0.25, -0.2) is 0 Å². The monoisotopic (exact) mass is 214 g/mol. The SMILES string of the molecule is CCOCCCn1ccc(=O)[nH]c1=S. The van der Waals surface area contributed by atoms with Crippen LogP contribution in [0, 0.1) is 4.77 Å². The van der Waals surface area contributed by atoms with Gasteiger partial charge in [0.05, 0.1) is 0 Å². The molecular weight excluding hydrogens is 200 g/mol. The van der Waals surface area contributed by atoms with E-state index in [0.717, 1.165) is 26.2 Å². The predicted octanol–water partition coefficient (Wildman–Crippen LogP) is 1.33. The molecule has 78 valence electrons. The molecule has 1 heterocycles. The molecule has 4 nitrogen and oxygen atoms in total. The highest BCUT2D eigenvalue weighted by Crippen LogP contribution is 1.91. The molecular formula is C9H14N2O2S. The van der Waals surface area contributed by atoms with Crippen LogP contribution in [0.5, 0.6) is 0 Å². The Morgan fingerprint density at radius 2 is 2.43 bits per heavy atom. The number of nitrogens with one attached hydrogen (secondary N) is 1. The van der Waals surface area contributed by atoms with E-state index in [9.17, 15) is 4.79 Å². The van der Waals surface area contributed by atoms with Gasteiger partial charge in [0.15, 0.2) is 4.77 Å². The van der Waals surface area contributed by atoms with Gasteiger partial charge >= 0.3 is 0 Å². The minimum absolute atomic E-state index is 0.156. The van der Waals surface area contributed by atoms with Crippen LogP contribution in [-0.2, 0) is 11.3 Å². The van der Waals surface area contributed by atoms with Crippen LogP contribution in [0.3, 0.4) is 0 Å². The van der Waals surface area contributed by atoms with Crippen LogP contribution in [0.2, 0.25) is 0 Å². The van der Waals surface area contributed by atoms with E-state index in [1.54, 1.807) is 6.20 Å². The topological polar surface area (TPSA) is 47.0 Å². The van der Waals surface area contributed by atoms with Crippen LogP contribution in [0.4, 0.5) is 0 Å². The smallest absolute Gasteiger partial charge is 0.251 e. The molecule has 1 rings (SSSR count). The minimum atomic E-state index is -0.156. The van der Waals surface area contributed by atoms with Crippen LogP contribution < -0.4 is 5.56 Å². The summed E-state index contributed by atoms with van der Waals surface area (Å²) in [5.74, 6) is 0. The van der Waals surface area contributed by atoms with Gasteiger partial charge in [-0.2, -0.15) is 0 Å². The first-order chi connectivity index (χ1) is 6.74. The van der Waals surface area contributed by atoms with E-state index in [-0.39, 0.29) is 5.56 Å². The quantitative estimate of drug-likeness (QED) is 0.594. The number of aromatic amines is 1. The fourth-order valence-electron chi connectivity index (χ4n) is 1.10. The zero-order chi connectivity index (χ0) is 10.4. The summed E-state index contributed by atoms with van der Waals surface area (Å²) in [6.07, 6.45) is 2.60. The van der Waals surface area contributed by atoms with E-state index < -0.39 is 0 Å². The Morgan fingerprint density at radius 1 is 1.64 bits per heavy atom. The fourth-order valence-corrected chi connectivity index (χ4v) is 1.35. The summed E-state index contributed by atoms with van der Waals surface area (Å²) in [6, 6.07) is 1.47. The van der Waals surface area contributed by atoms with E-state index in [1.807, 2.05) is 11.5 Å². The summed E-state index contributed by atoms with van der Waals surface area (Å²) in [5, 5.41) is 0. The van der Waals surface area contributed by atoms with Gasteiger partial charge in [0, 0.05) is 32.0 Å². The van der Waals surface area contributed by atoms with E-state index in [0.29, 0.717) is 4.77 Å². The molecule has 0 saturated heterocycles. The second-order valence-corrected chi connectivity index (χ2v) is 3.24. The Morgan fingerprint density at radius 3 is 3.07 bits per heavy atom. The molecule has 0 bridgehead atoms. The molecule has 1 aromatic heterocycles. The predicted molar refractivity (Wildman–Crippen MR) is 57.0 cm³/mol.